The molecule has 0 atom stereocenters. The van der Waals surface area contributed by atoms with E-state index in [0.29, 0.717) is 26.5 Å². The molecule has 0 saturated heterocycles. The Hall–Kier alpha value is -0.770. The molecule has 1 nitrogen and oxygen atoms in total. The number of rotatable bonds is 3. The molecule has 17 heavy (non-hydrogen) atoms. The predicted molar refractivity (Wildman–Crippen MR) is 70.2 cm³/mol. The molecule has 5 heteroatoms. The first-order chi connectivity index (χ1) is 8.16. The van der Waals surface area contributed by atoms with Gasteiger partial charge in [0.1, 0.15) is 11.0 Å². The maximum absolute atomic E-state index is 13.4. The van der Waals surface area contributed by atoms with E-state index in [4.69, 9.17) is 23.2 Å². The fourth-order valence-electron chi connectivity index (χ4n) is 1.27. The highest BCUT2D eigenvalue weighted by atomic mass is 35.5. The lowest BCUT2D eigenvalue weighted by Gasteiger charge is -2.04. The minimum Gasteiger partial charge on any atom is -0.239 e. The Labute approximate surface area is 113 Å². The van der Waals surface area contributed by atoms with Gasteiger partial charge in [-0.2, -0.15) is 0 Å². The van der Waals surface area contributed by atoms with Gasteiger partial charge in [0.15, 0.2) is 0 Å². The number of pyridine rings is 1. The van der Waals surface area contributed by atoms with E-state index in [0.717, 1.165) is 0 Å². The lowest BCUT2D eigenvalue weighted by atomic mass is 10.3. The minimum absolute atomic E-state index is 0.240. The maximum Gasteiger partial charge on any atom is 0.136 e. The summed E-state index contributed by atoms with van der Waals surface area (Å²) in [6, 6.07) is 9.91. The number of aromatic nitrogens is 1. The summed E-state index contributed by atoms with van der Waals surface area (Å²) in [6.45, 7) is 0. The second kappa shape index (κ2) is 5.71. The van der Waals surface area contributed by atoms with Gasteiger partial charge < -0.3 is 0 Å². The average Bonchev–Trinajstić information content (AvgIpc) is 2.32. The van der Waals surface area contributed by atoms with Crippen LogP contribution < -0.4 is 0 Å². The van der Waals surface area contributed by atoms with E-state index >= 15 is 0 Å². The van der Waals surface area contributed by atoms with E-state index < -0.39 is 0 Å². The van der Waals surface area contributed by atoms with Crippen molar-refractivity contribution in [1.29, 1.82) is 0 Å². The summed E-state index contributed by atoms with van der Waals surface area (Å²) in [4.78, 5) is 4.68. The lowest BCUT2D eigenvalue weighted by Crippen LogP contribution is -1.90. The summed E-state index contributed by atoms with van der Waals surface area (Å²) >= 11 is 13.1. The molecular weight excluding hydrogens is 280 g/mol. The summed E-state index contributed by atoms with van der Waals surface area (Å²) in [5.41, 5.74) is 0.660. The summed E-state index contributed by atoms with van der Waals surface area (Å²) in [7, 11) is 0. The number of halogens is 3. The fraction of sp³-hybridized carbons (Fsp3) is 0.0833. The van der Waals surface area contributed by atoms with Crippen LogP contribution in [-0.2, 0) is 5.75 Å². The van der Waals surface area contributed by atoms with Crippen LogP contribution in [0.1, 0.15) is 5.69 Å². The molecule has 0 spiro atoms. The molecular formula is C12H8Cl2FNS. The van der Waals surface area contributed by atoms with Gasteiger partial charge in [0, 0.05) is 10.6 Å². The molecule has 0 aliphatic heterocycles. The van der Waals surface area contributed by atoms with Gasteiger partial charge in [-0.05, 0) is 24.3 Å². The van der Waals surface area contributed by atoms with Gasteiger partial charge >= 0.3 is 0 Å². The minimum atomic E-state index is -0.240. The molecule has 0 fully saturated rings. The predicted octanol–water partition coefficient (Wildman–Crippen LogP) is 4.82. The molecule has 0 bridgehead atoms. The summed E-state index contributed by atoms with van der Waals surface area (Å²) < 4.78 is 13.4. The van der Waals surface area contributed by atoms with E-state index in [2.05, 4.69) is 4.98 Å². The van der Waals surface area contributed by atoms with Gasteiger partial charge in [-0.1, -0.05) is 35.3 Å². The van der Waals surface area contributed by atoms with Crippen LogP contribution in [-0.4, -0.2) is 4.98 Å². The average molecular weight is 288 g/mol. The Kier molecular flexibility index (Phi) is 4.26. The zero-order valence-corrected chi connectivity index (χ0v) is 11.0. The van der Waals surface area contributed by atoms with Gasteiger partial charge in [0.25, 0.3) is 0 Å². The third-order valence-electron chi connectivity index (χ3n) is 2.09. The Bertz CT molecular complexity index is 534. The quantitative estimate of drug-likeness (QED) is 0.593. The van der Waals surface area contributed by atoms with Crippen LogP contribution in [0.15, 0.2) is 41.3 Å². The first-order valence-electron chi connectivity index (χ1n) is 4.85. The van der Waals surface area contributed by atoms with E-state index in [-0.39, 0.29) is 5.82 Å². The Morgan fingerprint density at radius 2 is 1.88 bits per heavy atom. The van der Waals surface area contributed by atoms with Crippen LogP contribution in [0.4, 0.5) is 4.39 Å². The highest BCUT2D eigenvalue weighted by Gasteiger charge is 2.06. The molecule has 0 saturated carbocycles. The highest BCUT2D eigenvalue weighted by molar-refractivity contribution is 7.98. The van der Waals surface area contributed by atoms with E-state index in [1.165, 1.54) is 17.8 Å². The van der Waals surface area contributed by atoms with Gasteiger partial charge in [-0.15, -0.1) is 11.8 Å². The highest BCUT2D eigenvalue weighted by Crippen LogP contribution is 2.28. The van der Waals surface area contributed by atoms with E-state index in [1.807, 2.05) is 0 Å². The monoisotopic (exact) mass is 287 g/mol. The second-order valence-corrected chi connectivity index (χ2v) is 5.09. The third kappa shape index (κ3) is 3.35. The smallest absolute Gasteiger partial charge is 0.136 e. The first kappa shape index (κ1) is 12.7. The van der Waals surface area contributed by atoms with Gasteiger partial charge in [0.05, 0.1) is 10.7 Å². The Morgan fingerprint density at radius 3 is 2.65 bits per heavy atom. The Morgan fingerprint density at radius 1 is 1.12 bits per heavy atom. The van der Waals surface area contributed by atoms with E-state index in [1.54, 1.807) is 30.3 Å². The molecule has 0 radical (unpaired) electrons. The fourth-order valence-corrected chi connectivity index (χ4v) is 2.58. The third-order valence-corrected chi connectivity index (χ3v) is 3.70. The number of hydrogen-bond donors (Lipinski definition) is 0. The molecule has 2 rings (SSSR count). The molecule has 0 aliphatic rings. The molecule has 1 aromatic heterocycles. The van der Waals surface area contributed by atoms with Crippen molar-refractivity contribution in [3.05, 3.63) is 58.1 Å². The Balaban J connectivity index is 2.12. The summed E-state index contributed by atoms with van der Waals surface area (Å²) in [5.74, 6) is 0.246. The van der Waals surface area contributed by atoms with Crippen molar-refractivity contribution in [2.75, 3.05) is 0 Å². The molecule has 0 amide bonds. The van der Waals surface area contributed by atoms with Crippen molar-refractivity contribution >= 4 is 35.0 Å². The SMILES string of the molecule is Fc1ccccc1SCc1nc(Cl)ccc1Cl. The van der Waals surface area contributed by atoms with Crippen LogP contribution in [0.2, 0.25) is 10.2 Å². The van der Waals surface area contributed by atoms with Crippen molar-refractivity contribution in [3.8, 4) is 0 Å². The maximum atomic E-state index is 13.4. The first-order valence-corrected chi connectivity index (χ1v) is 6.59. The van der Waals surface area contributed by atoms with Gasteiger partial charge in [-0.25, -0.2) is 9.37 Å². The van der Waals surface area contributed by atoms with Crippen molar-refractivity contribution in [1.82, 2.24) is 4.98 Å². The van der Waals surface area contributed by atoms with Crippen LogP contribution in [0.25, 0.3) is 0 Å². The molecule has 1 heterocycles. The van der Waals surface area contributed by atoms with Gasteiger partial charge in [-0.3, -0.25) is 0 Å². The van der Waals surface area contributed by atoms with Crippen LogP contribution in [0.3, 0.4) is 0 Å². The van der Waals surface area contributed by atoms with E-state index in [9.17, 15) is 4.39 Å². The lowest BCUT2D eigenvalue weighted by molar-refractivity contribution is 0.602. The topological polar surface area (TPSA) is 12.9 Å². The number of nitrogens with zero attached hydrogens (tertiary/aromatic N) is 1. The zero-order valence-electron chi connectivity index (χ0n) is 8.66. The normalized spacial score (nSPS) is 10.5. The largest absolute Gasteiger partial charge is 0.239 e. The molecule has 0 aliphatic carbocycles. The summed E-state index contributed by atoms with van der Waals surface area (Å²) in [5, 5.41) is 0.928. The van der Waals surface area contributed by atoms with Crippen LogP contribution >= 0.6 is 35.0 Å². The molecule has 2 aromatic rings. The standard InChI is InChI=1S/C12H8Cl2FNS/c13-8-5-6-12(14)16-10(8)7-17-11-4-2-1-3-9(11)15/h1-6H,7H2. The number of hydrogen-bond acceptors (Lipinski definition) is 2. The van der Waals surface area contributed by atoms with Crippen molar-refractivity contribution < 1.29 is 4.39 Å². The molecule has 0 N–H and O–H groups in total. The zero-order chi connectivity index (χ0) is 12.3. The van der Waals surface area contributed by atoms with Crippen LogP contribution in [0, 0.1) is 5.82 Å². The number of thioether (sulfide) groups is 1. The number of benzene rings is 1. The van der Waals surface area contributed by atoms with Crippen molar-refractivity contribution in [2.24, 2.45) is 0 Å². The molecule has 0 unspecified atom stereocenters. The van der Waals surface area contributed by atoms with Gasteiger partial charge in [0.2, 0.25) is 0 Å². The molecule has 88 valence electrons. The van der Waals surface area contributed by atoms with Crippen molar-refractivity contribution in [2.45, 2.75) is 10.6 Å². The van der Waals surface area contributed by atoms with Crippen LogP contribution in [0.5, 0.6) is 0 Å². The second-order valence-electron chi connectivity index (χ2n) is 3.28. The summed E-state index contributed by atoms with van der Waals surface area (Å²) in [6.07, 6.45) is 0. The van der Waals surface area contributed by atoms with Crippen molar-refractivity contribution in [3.63, 3.8) is 0 Å². The molecule has 1 aromatic carbocycles.